The van der Waals surface area contributed by atoms with Gasteiger partial charge >= 0.3 is 0 Å². The van der Waals surface area contributed by atoms with Crippen LogP contribution in [0.5, 0.6) is 0 Å². The average Bonchev–Trinajstić information content (AvgIpc) is 2.28. The Labute approximate surface area is 96.8 Å². The van der Waals surface area contributed by atoms with Gasteiger partial charge in [-0.05, 0) is 24.3 Å². The molecule has 4 heteroatoms. The lowest BCUT2D eigenvalue weighted by Crippen LogP contribution is -2.38. The van der Waals surface area contributed by atoms with Crippen molar-refractivity contribution in [2.24, 2.45) is 17.7 Å². The maximum Gasteiger partial charge on any atom is 0.141 e. The van der Waals surface area contributed by atoms with Crippen molar-refractivity contribution in [2.75, 3.05) is 23.4 Å². The highest BCUT2D eigenvalue weighted by Gasteiger charge is 2.21. The lowest BCUT2D eigenvalue weighted by molar-refractivity contribution is 0.357. The molecular formula is C12H20N4. The van der Waals surface area contributed by atoms with Crippen molar-refractivity contribution < 1.29 is 0 Å². The van der Waals surface area contributed by atoms with E-state index < -0.39 is 0 Å². The summed E-state index contributed by atoms with van der Waals surface area (Å²) >= 11 is 0. The zero-order chi connectivity index (χ0) is 11.5. The van der Waals surface area contributed by atoms with Crippen molar-refractivity contribution in [2.45, 2.75) is 20.3 Å². The van der Waals surface area contributed by atoms with Crippen LogP contribution in [0, 0.1) is 11.8 Å². The van der Waals surface area contributed by atoms with Gasteiger partial charge in [-0.1, -0.05) is 13.8 Å². The van der Waals surface area contributed by atoms with Gasteiger partial charge in [-0.25, -0.2) is 10.8 Å². The second kappa shape index (κ2) is 4.70. The van der Waals surface area contributed by atoms with E-state index >= 15 is 0 Å². The van der Waals surface area contributed by atoms with Crippen molar-refractivity contribution in [3.8, 4) is 0 Å². The monoisotopic (exact) mass is 220 g/mol. The Bertz CT molecular complexity index is 343. The first kappa shape index (κ1) is 11.2. The van der Waals surface area contributed by atoms with Crippen molar-refractivity contribution in [1.29, 1.82) is 0 Å². The van der Waals surface area contributed by atoms with Gasteiger partial charge in [-0.2, -0.15) is 0 Å². The van der Waals surface area contributed by atoms with Crippen LogP contribution in [-0.2, 0) is 0 Å². The van der Waals surface area contributed by atoms with Crippen LogP contribution in [-0.4, -0.2) is 18.1 Å². The fourth-order valence-electron chi connectivity index (χ4n) is 2.57. The van der Waals surface area contributed by atoms with Crippen molar-refractivity contribution in [1.82, 2.24) is 4.98 Å². The summed E-state index contributed by atoms with van der Waals surface area (Å²) in [6.07, 6.45) is 3.12. The smallest absolute Gasteiger partial charge is 0.141 e. The quantitative estimate of drug-likeness (QED) is 0.590. The molecule has 0 bridgehead atoms. The molecule has 1 aromatic heterocycles. The Morgan fingerprint density at radius 2 is 2.06 bits per heavy atom. The maximum atomic E-state index is 5.37. The largest absolute Gasteiger partial charge is 0.371 e. The second-order valence-corrected chi connectivity index (χ2v) is 4.89. The minimum atomic E-state index is 0.725. The summed E-state index contributed by atoms with van der Waals surface area (Å²) in [6, 6.07) is 4.05. The van der Waals surface area contributed by atoms with E-state index in [4.69, 9.17) is 5.84 Å². The standard InChI is InChI=1S/C12H20N4/c1-9-5-10(2)8-16(7-9)11-3-4-14-12(6-11)15-13/h3-4,6,9-10H,5,7-8,13H2,1-2H3,(H,14,15). The van der Waals surface area contributed by atoms with Gasteiger partial charge in [0, 0.05) is 31.0 Å². The topological polar surface area (TPSA) is 54.2 Å². The van der Waals surface area contributed by atoms with Crippen molar-refractivity contribution >= 4 is 11.5 Å². The van der Waals surface area contributed by atoms with Crippen LogP contribution in [0.15, 0.2) is 18.3 Å². The number of hydrazine groups is 1. The van der Waals surface area contributed by atoms with E-state index in [1.54, 1.807) is 6.20 Å². The summed E-state index contributed by atoms with van der Waals surface area (Å²) in [4.78, 5) is 6.55. The number of nitrogens with two attached hydrogens (primary N) is 1. The van der Waals surface area contributed by atoms with Crippen LogP contribution in [0.25, 0.3) is 0 Å². The summed E-state index contributed by atoms with van der Waals surface area (Å²) < 4.78 is 0. The molecule has 4 nitrogen and oxygen atoms in total. The molecule has 1 aliphatic rings. The van der Waals surface area contributed by atoms with Crippen molar-refractivity contribution in [3.63, 3.8) is 0 Å². The first-order chi connectivity index (χ1) is 7.69. The summed E-state index contributed by atoms with van der Waals surface area (Å²) in [5.74, 6) is 7.61. The highest BCUT2D eigenvalue weighted by Crippen LogP contribution is 2.26. The van der Waals surface area contributed by atoms with E-state index in [2.05, 4.69) is 29.2 Å². The first-order valence-corrected chi connectivity index (χ1v) is 5.86. The Kier molecular flexibility index (Phi) is 3.29. The number of rotatable bonds is 2. The molecule has 1 aromatic rings. The molecular weight excluding hydrogens is 200 g/mol. The van der Waals surface area contributed by atoms with Crippen molar-refractivity contribution in [3.05, 3.63) is 18.3 Å². The molecule has 88 valence electrons. The van der Waals surface area contributed by atoms with E-state index in [1.807, 2.05) is 12.1 Å². The Morgan fingerprint density at radius 3 is 2.69 bits per heavy atom. The molecule has 0 spiro atoms. The number of hydrogen-bond acceptors (Lipinski definition) is 4. The van der Waals surface area contributed by atoms with Gasteiger partial charge in [0.05, 0.1) is 0 Å². The third-order valence-corrected chi connectivity index (χ3v) is 3.13. The number of piperidine rings is 1. The SMILES string of the molecule is CC1CC(C)CN(c2ccnc(NN)c2)C1. The molecule has 2 atom stereocenters. The molecule has 1 saturated heterocycles. The lowest BCUT2D eigenvalue weighted by Gasteiger charge is -2.36. The normalized spacial score (nSPS) is 25.6. The summed E-state index contributed by atoms with van der Waals surface area (Å²) in [7, 11) is 0. The molecule has 1 fully saturated rings. The zero-order valence-corrected chi connectivity index (χ0v) is 9.98. The molecule has 0 aromatic carbocycles. The van der Waals surface area contributed by atoms with E-state index in [9.17, 15) is 0 Å². The number of nitrogen functional groups attached to an aromatic ring is 1. The van der Waals surface area contributed by atoms with Crippen LogP contribution < -0.4 is 16.2 Å². The predicted octanol–water partition coefficient (Wildman–Crippen LogP) is 1.85. The van der Waals surface area contributed by atoms with Gasteiger partial charge in [0.25, 0.3) is 0 Å². The van der Waals surface area contributed by atoms with Gasteiger partial charge in [-0.15, -0.1) is 0 Å². The fraction of sp³-hybridized carbons (Fsp3) is 0.583. The van der Waals surface area contributed by atoms with Crippen LogP contribution in [0.1, 0.15) is 20.3 Å². The number of anilines is 2. The summed E-state index contributed by atoms with van der Waals surface area (Å²) in [5, 5.41) is 0. The van der Waals surface area contributed by atoms with Crippen LogP contribution in [0.4, 0.5) is 11.5 Å². The van der Waals surface area contributed by atoms with Gasteiger partial charge < -0.3 is 10.3 Å². The third-order valence-electron chi connectivity index (χ3n) is 3.13. The average molecular weight is 220 g/mol. The van der Waals surface area contributed by atoms with E-state index in [1.165, 1.54) is 12.1 Å². The maximum absolute atomic E-state index is 5.37. The predicted molar refractivity (Wildman–Crippen MR) is 67.2 cm³/mol. The molecule has 0 radical (unpaired) electrons. The summed E-state index contributed by atoms with van der Waals surface area (Å²) in [6.45, 7) is 6.87. The number of aromatic nitrogens is 1. The molecule has 2 unspecified atom stereocenters. The van der Waals surface area contributed by atoms with E-state index in [0.717, 1.165) is 30.7 Å². The highest BCUT2D eigenvalue weighted by atomic mass is 15.3. The molecule has 1 aliphatic heterocycles. The lowest BCUT2D eigenvalue weighted by atomic mass is 9.91. The number of nitrogens with zero attached hydrogens (tertiary/aromatic N) is 2. The highest BCUT2D eigenvalue weighted by molar-refractivity contribution is 5.53. The Balaban J connectivity index is 2.16. The summed E-state index contributed by atoms with van der Waals surface area (Å²) in [5.41, 5.74) is 3.80. The van der Waals surface area contributed by atoms with E-state index in [-0.39, 0.29) is 0 Å². The van der Waals surface area contributed by atoms with Gasteiger partial charge in [0.15, 0.2) is 0 Å². The minimum Gasteiger partial charge on any atom is -0.371 e. The Hall–Kier alpha value is -1.29. The van der Waals surface area contributed by atoms with Gasteiger partial charge in [0.2, 0.25) is 0 Å². The van der Waals surface area contributed by atoms with E-state index in [0.29, 0.717) is 0 Å². The van der Waals surface area contributed by atoms with Crippen LogP contribution >= 0.6 is 0 Å². The van der Waals surface area contributed by atoms with Gasteiger partial charge in [0.1, 0.15) is 5.82 Å². The number of pyridine rings is 1. The Morgan fingerprint density at radius 1 is 1.38 bits per heavy atom. The second-order valence-electron chi connectivity index (χ2n) is 4.89. The zero-order valence-electron chi connectivity index (χ0n) is 9.98. The van der Waals surface area contributed by atoms with Crippen LogP contribution in [0.3, 0.4) is 0 Å². The molecule has 0 amide bonds. The number of nitrogens with one attached hydrogen (secondary N) is 1. The third kappa shape index (κ3) is 2.44. The molecule has 2 heterocycles. The molecule has 2 rings (SSSR count). The molecule has 3 N–H and O–H groups in total. The first-order valence-electron chi connectivity index (χ1n) is 5.86. The fourth-order valence-corrected chi connectivity index (χ4v) is 2.57. The number of hydrogen-bond donors (Lipinski definition) is 2. The minimum absolute atomic E-state index is 0.725. The molecule has 0 aliphatic carbocycles. The molecule has 16 heavy (non-hydrogen) atoms. The van der Waals surface area contributed by atoms with Crippen LogP contribution in [0.2, 0.25) is 0 Å². The van der Waals surface area contributed by atoms with Gasteiger partial charge in [-0.3, -0.25) is 0 Å². The molecule has 0 saturated carbocycles.